The zero-order chi connectivity index (χ0) is 17.2. The van der Waals surface area contributed by atoms with Gasteiger partial charge in [0.2, 0.25) is 0 Å². The first-order valence-electron chi connectivity index (χ1n) is 8.92. The number of amides is 1. The Labute approximate surface area is 145 Å². The number of nitrogens with zero attached hydrogens (tertiary/aromatic N) is 2. The molecule has 1 amide bonds. The zero-order valence-electron chi connectivity index (χ0n) is 14.2. The van der Waals surface area contributed by atoms with Gasteiger partial charge in [-0.3, -0.25) is 9.59 Å². The van der Waals surface area contributed by atoms with Crippen LogP contribution in [0.2, 0.25) is 0 Å². The number of benzene rings is 1. The van der Waals surface area contributed by atoms with Gasteiger partial charge in [0, 0.05) is 6.61 Å². The van der Waals surface area contributed by atoms with E-state index >= 15 is 0 Å². The van der Waals surface area contributed by atoms with E-state index in [1.807, 2.05) is 23.1 Å². The van der Waals surface area contributed by atoms with Crippen LogP contribution in [0.15, 0.2) is 29.1 Å². The van der Waals surface area contributed by atoms with E-state index in [1.165, 1.54) is 4.90 Å². The van der Waals surface area contributed by atoms with Crippen LogP contribution in [-0.2, 0) is 16.1 Å². The van der Waals surface area contributed by atoms with Gasteiger partial charge in [0.05, 0.1) is 37.1 Å². The average Bonchev–Trinajstić information content (AvgIpc) is 3.16. The largest absolute Gasteiger partial charge is 0.368 e. The maximum absolute atomic E-state index is 12.4. The Hall–Kier alpha value is -2.25. The minimum absolute atomic E-state index is 0.0906. The predicted molar refractivity (Wildman–Crippen MR) is 92.3 cm³/mol. The molecule has 0 bridgehead atoms. The fraction of sp³-hybridized carbons (Fsp3) is 0.500. The first-order valence-corrected chi connectivity index (χ1v) is 8.92. The highest BCUT2D eigenvalue weighted by atomic mass is 16.5. The summed E-state index contributed by atoms with van der Waals surface area (Å²) < 4.78 is 5.50. The molecule has 7 heteroatoms. The van der Waals surface area contributed by atoms with E-state index in [4.69, 9.17) is 4.74 Å². The molecular formula is C18H23N4O3+. The Morgan fingerprint density at radius 3 is 2.88 bits per heavy atom. The van der Waals surface area contributed by atoms with Crippen LogP contribution in [0, 0.1) is 0 Å². The van der Waals surface area contributed by atoms with Crippen molar-refractivity contribution in [3.05, 3.63) is 40.4 Å². The summed E-state index contributed by atoms with van der Waals surface area (Å²) in [6, 6.07) is 7.38. The predicted octanol–water partition coefficient (Wildman–Crippen LogP) is -0.671. The van der Waals surface area contributed by atoms with Crippen LogP contribution in [0.1, 0.15) is 18.7 Å². The lowest BCUT2D eigenvalue weighted by molar-refractivity contribution is -0.918. The first kappa shape index (κ1) is 16.2. The van der Waals surface area contributed by atoms with Crippen molar-refractivity contribution < 1.29 is 14.4 Å². The van der Waals surface area contributed by atoms with Crippen LogP contribution in [0.5, 0.6) is 0 Å². The topological polar surface area (TPSA) is 79.7 Å². The smallest absolute Gasteiger partial charge is 0.258 e. The van der Waals surface area contributed by atoms with E-state index < -0.39 is 0 Å². The van der Waals surface area contributed by atoms with Gasteiger partial charge in [-0.05, 0) is 25.0 Å². The van der Waals surface area contributed by atoms with E-state index in [0.717, 1.165) is 44.5 Å². The third-order valence-corrected chi connectivity index (χ3v) is 5.07. The summed E-state index contributed by atoms with van der Waals surface area (Å²) in [5.41, 5.74) is 0.639. The summed E-state index contributed by atoms with van der Waals surface area (Å²) in [6.07, 6.45) is 1.58. The Morgan fingerprint density at radius 1 is 1.32 bits per heavy atom. The first-order chi connectivity index (χ1) is 12.2. The molecule has 2 aliphatic rings. The highest BCUT2D eigenvalue weighted by Gasteiger charge is 2.31. The number of aromatic amines is 1. The maximum Gasteiger partial charge on any atom is 0.258 e. The van der Waals surface area contributed by atoms with Gasteiger partial charge in [0.15, 0.2) is 5.82 Å². The number of quaternary nitrogens is 1. The monoisotopic (exact) mass is 343 g/mol. The molecule has 2 fully saturated rings. The molecule has 2 N–H and O–H groups in total. The molecule has 2 aliphatic heterocycles. The highest BCUT2D eigenvalue weighted by Crippen LogP contribution is 2.14. The second-order valence-corrected chi connectivity index (χ2v) is 6.78. The average molecular weight is 343 g/mol. The van der Waals surface area contributed by atoms with Crippen molar-refractivity contribution in [3.63, 3.8) is 0 Å². The van der Waals surface area contributed by atoms with E-state index in [9.17, 15) is 9.59 Å². The van der Waals surface area contributed by atoms with Gasteiger partial charge in [-0.15, -0.1) is 0 Å². The molecule has 4 rings (SSSR count). The normalized spacial score (nSPS) is 21.8. The van der Waals surface area contributed by atoms with Gasteiger partial charge in [0.1, 0.15) is 12.6 Å². The number of hydrogen-bond acceptors (Lipinski definition) is 4. The van der Waals surface area contributed by atoms with E-state index in [-0.39, 0.29) is 17.6 Å². The van der Waals surface area contributed by atoms with Crippen LogP contribution in [0.25, 0.3) is 10.9 Å². The van der Waals surface area contributed by atoms with Crippen LogP contribution in [0.4, 0.5) is 0 Å². The third kappa shape index (κ3) is 3.43. The van der Waals surface area contributed by atoms with E-state index in [2.05, 4.69) is 9.97 Å². The molecule has 7 nitrogen and oxygen atoms in total. The third-order valence-electron chi connectivity index (χ3n) is 5.07. The number of rotatable bonds is 3. The second kappa shape index (κ2) is 6.93. The van der Waals surface area contributed by atoms with Crippen molar-refractivity contribution in [2.24, 2.45) is 0 Å². The summed E-state index contributed by atoms with van der Waals surface area (Å²) >= 11 is 0. The summed E-state index contributed by atoms with van der Waals surface area (Å²) in [5.74, 6) is 0.839. The molecule has 1 aromatic carbocycles. The molecule has 0 spiro atoms. The molecule has 0 radical (unpaired) electrons. The van der Waals surface area contributed by atoms with Crippen LogP contribution < -0.4 is 10.5 Å². The summed E-state index contributed by atoms with van der Waals surface area (Å²) in [7, 11) is 0. The van der Waals surface area contributed by atoms with E-state index in [1.54, 1.807) is 6.07 Å². The lowest BCUT2D eigenvalue weighted by Gasteiger charge is -2.33. The van der Waals surface area contributed by atoms with Gasteiger partial charge >= 0.3 is 0 Å². The quantitative estimate of drug-likeness (QED) is 0.775. The number of carbonyl (C=O) groups excluding carboxylic acids is 1. The molecule has 132 valence electrons. The molecule has 1 atom stereocenters. The fourth-order valence-corrected chi connectivity index (χ4v) is 3.65. The summed E-state index contributed by atoms with van der Waals surface area (Å²) in [4.78, 5) is 35.2. The molecule has 0 aliphatic carbocycles. The van der Waals surface area contributed by atoms with Gasteiger partial charge in [-0.1, -0.05) is 12.1 Å². The van der Waals surface area contributed by atoms with Crippen LogP contribution in [-0.4, -0.2) is 59.7 Å². The number of H-pyrrole nitrogens is 1. The second-order valence-electron chi connectivity index (χ2n) is 6.78. The minimum atomic E-state index is -0.236. The SMILES string of the molecule is O=C([C@@H]1CCCO1)N1CC[NH+](Cc2nc3ccccc3c(=O)[nH]2)CC1. The van der Waals surface area contributed by atoms with Gasteiger partial charge < -0.3 is 19.5 Å². The molecule has 0 unspecified atom stereocenters. The molecule has 1 aromatic heterocycles. The minimum Gasteiger partial charge on any atom is -0.368 e. The molecule has 0 saturated carbocycles. The summed E-state index contributed by atoms with van der Waals surface area (Å²) in [6.45, 7) is 4.53. The lowest BCUT2D eigenvalue weighted by Crippen LogP contribution is -3.13. The molecule has 25 heavy (non-hydrogen) atoms. The maximum atomic E-state index is 12.4. The Kier molecular flexibility index (Phi) is 4.50. The number of carbonyl (C=O) groups is 1. The van der Waals surface area contributed by atoms with Crippen molar-refractivity contribution in [3.8, 4) is 0 Å². The number of hydrogen-bond donors (Lipinski definition) is 2. The van der Waals surface area contributed by atoms with Crippen molar-refractivity contribution >= 4 is 16.8 Å². The number of nitrogens with one attached hydrogen (secondary N) is 2. The van der Waals surface area contributed by atoms with Crippen LogP contribution in [0.3, 0.4) is 0 Å². The van der Waals surface area contributed by atoms with Crippen molar-refractivity contribution in [1.82, 2.24) is 14.9 Å². The number of para-hydroxylation sites is 1. The van der Waals surface area contributed by atoms with Crippen molar-refractivity contribution in [1.29, 1.82) is 0 Å². The standard InChI is InChI=1S/C18H22N4O3/c23-17-13-4-1-2-5-14(13)19-16(20-17)12-21-7-9-22(10-8-21)18(24)15-6-3-11-25-15/h1-2,4-5,15H,3,6-12H2,(H,19,20,23)/p+1/t15-/m0/s1. The van der Waals surface area contributed by atoms with Crippen LogP contribution >= 0.6 is 0 Å². The van der Waals surface area contributed by atoms with Crippen molar-refractivity contribution in [2.75, 3.05) is 32.8 Å². The summed E-state index contributed by atoms with van der Waals surface area (Å²) in [5, 5.41) is 0.619. The Bertz CT molecular complexity index is 820. The molecule has 2 saturated heterocycles. The van der Waals surface area contributed by atoms with Crippen molar-refractivity contribution in [2.45, 2.75) is 25.5 Å². The lowest BCUT2D eigenvalue weighted by atomic mass is 10.2. The Balaban J connectivity index is 1.38. The molecular weight excluding hydrogens is 320 g/mol. The Morgan fingerprint density at radius 2 is 2.12 bits per heavy atom. The number of ether oxygens (including phenoxy) is 1. The van der Waals surface area contributed by atoms with Gasteiger partial charge in [-0.25, -0.2) is 4.98 Å². The number of fused-ring (bicyclic) bond motifs is 1. The van der Waals surface area contributed by atoms with Gasteiger partial charge in [-0.2, -0.15) is 0 Å². The zero-order valence-corrected chi connectivity index (χ0v) is 14.2. The number of aromatic nitrogens is 2. The van der Waals surface area contributed by atoms with Gasteiger partial charge in [0.25, 0.3) is 11.5 Å². The molecule has 3 heterocycles. The van der Waals surface area contributed by atoms with E-state index in [0.29, 0.717) is 24.4 Å². The fourth-order valence-electron chi connectivity index (χ4n) is 3.65. The highest BCUT2D eigenvalue weighted by molar-refractivity contribution is 5.81. The molecule has 2 aromatic rings. The number of piperazine rings is 1.